The van der Waals surface area contributed by atoms with Gasteiger partial charge in [0.15, 0.2) is 0 Å². The number of benzene rings is 2. The number of nitro benzene ring substituents is 1. The van der Waals surface area contributed by atoms with E-state index in [-0.39, 0.29) is 11.3 Å². The quantitative estimate of drug-likeness (QED) is 0.377. The summed E-state index contributed by atoms with van der Waals surface area (Å²) in [5, 5.41) is 19.2. The summed E-state index contributed by atoms with van der Waals surface area (Å²) < 4.78 is 0. The Morgan fingerprint density at radius 3 is 2.46 bits per heavy atom. The molecule has 28 heavy (non-hydrogen) atoms. The molecular weight excluding hydrogens is 380 g/mol. The van der Waals surface area contributed by atoms with Crippen LogP contribution in [0.5, 0.6) is 0 Å². The van der Waals surface area contributed by atoms with Gasteiger partial charge in [0.25, 0.3) is 17.5 Å². The number of nitrogens with one attached hydrogen (secondary N) is 2. The number of rotatable bonds is 6. The lowest BCUT2D eigenvalue weighted by Gasteiger charge is -2.07. The third-order valence-corrected chi connectivity index (χ3v) is 4.41. The number of carbonyl (C=O) groups excluding carboxylic acids is 2. The van der Waals surface area contributed by atoms with Crippen LogP contribution >= 0.6 is 11.3 Å². The first-order valence-electron chi connectivity index (χ1n) is 8.06. The van der Waals surface area contributed by atoms with E-state index < -0.39 is 16.7 Å². The Balaban J connectivity index is 1.67. The van der Waals surface area contributed by atoms with Crippen molar-refractivity contribution < 1.29 is 14.5 Å². The van der Waals surface area contributed by atoms with Crippen LogP contribution in [-0.2, 0) is 0 Å². The van der Waals surface area contributed by atoms with Gasteiger partial charge in [0.1, 0.15) is 0 Å². The van der Waals surface area contributed by atoms with E-state index in [1.54, 1.807) is 18.2 Å². The molecular formula is C19H14N4O4S. The fourth-order valence-electron chi connectivity index (χ4n) is 2.29. The summed E-state index contributed by atoms with van der Waals surface area (Å²) in [6, 6.07) is 15.4. The zero-order valence-electron chi connectivity index (χ0n) is 14.4. The van der Waals surface area contributed by atoms with Gasteiger partial charge in [0.05, 0.1) is 11.1 Å². The lowest BCUT2D eigenvalue weighted by Crippen LogP contribution is -2.18. The van der Waals surface area contributed by atoms with Gasteiger partial charge in [-0.3, -0.25) is 19.7 Å². The molecule has 0 unspecified atom stereocenters. The van der Waals surface area contributed by atoms with Gasteiger partial charge in [-0.25, -0.2) is 5.43 Å². The molecule has 0 aliphatic rings. The van der Waals surface area contributed by atoms with Crippen LogP contribution in [0.3, 0.4) is 0 Å². The molecule has 0 spiro atoms. The minimum atomic E-state index is -0.571. The van der Waals surface area contributed by atoms with Crippen molar-refractivity contribution in [2.75, 3.05) is 5.32 Å². The minimum absolute atomic E-state index is 0.143. The van der Waals surface area contributed by atoms with Crippen LogP contribution in [-0.4, -0.2) is 23.0 Å². The van der Waals surface area contributed by atoms with Gasteiger partial charge in [-0.15, -0.1) is 11.3 Å². The highest BCUT2D eigenvalue weighted by molar-refractivity contribution is 7.11. The van der Waals surface area contributed by atoms with E-state index in [2.05, 4.69) is 15.8 Å². The number of hydrazone groups is 1. The summed E-state index contributed by atoms with van der Waals surface area (Å²) in [5.41, 5.74) is 3.07. The third-order valence-electron chi connectivity index (χ3n) is 3.60. The van der Waals surface area contributed by atoms with E-state index in [0.29, 0.717) is 11.3 Å². The molecule has 8 nitrogen and oxygen atoms in total. The summed E-state index contributed by atoms with van der Waals surface area (Å²) in [6.07, 6.45) is 1.54. The molecule has 0 fully saturated rings. The Labute approximate surface area is 163 Å². The summed E-state index contributed by atoms with van der Waals surface area (Å²) in [7, 11) is 0. The van der Waals surface area contributed by atoms with Crippen LogP contribution in [0.2, 0.25) is 0 Å². The van der Waals surface area contributed by atoms with Crippen molar-refractivity contribution in [1.82, 2.24) is 5.43 Å². The molecule has 1 heterocycles. The Bertz CT molecular complexity index is 1050. The summed E-state index contributed by atoms with van der Waals surface area (Å²) in [5.74, 6) is -0.948. The molecule has 0 saturated heterocycles. The second-order valence-corrected chi connectivity index (χ2v) is 6.54. The Hall–Kier alpha value is -3.85. The van der Waals surface area contributed by atoms with Crippen LogP contribution in [0.4, 0.5) is 11.4 Å². The highest BCUT2D eigenvalue weighted by Crippen LogP contribution is 2.16. The van der Waals surface area contributed by atoms with Gasteiger partial charge >= 0.3 is 0 Å². The molecule has 0 atom stereocenters. The van der Waals surface area contributed by atoms with Gasteiger partial charge < -0.3 is 5.32 Å². The summed E-state index contributed by atoms with van der Waals surface area (Å²) in [6.45, 7) is 0. The van der Waals surface area contributed by atoms with Crippen molar-refractivity contribution in [1.29, 1.82) is 0 Å². The molecule has 2 N–H and O–H groups in total. The first-order chi connectivity index (χ1) is 13.5. The van der Waals surface area contributed by atoms with Crippen molar-refractivity contribution >= 4 is 40.7 Å². The molecule has 0 saturated carbocycles. The van der Waals surface area contributed by atoms with Crippen molar-refractivity contribution in [3.05, 3.63) is 92.2 Å². The highest BCUT2D eigenvalue weighted by Gasteiger charge is 2.12. The summed E-state index contributed by atoms with van der Waals surface area (Å²) in [4.78, 5) is 35.7. The molecule has 0 aliphatic carbocycles. The lowest BCUT2D eigenvalue weighted by atomic mass is 10.1. The number of carbonyl (C=O) groups is 2. The fourth-order valence-corrected chi connectivity index (χ4v) is 2.87. The van der Waals surface area contributed by atoms with E-state index >= 15 is 0 Å². The van der Waals surface area contributed by atoms with E-state index in [0.717, 1.165) is 4.88 Å². The van der Waals surface area contributed by atoms with E-state index in [9.17, 15) is 19.7 Å². The maximum atomic E-state index is 12.3. The smallest absolute Gasteiger partial charge is 0.271 e. The standard InChI is InChI=1S/C19H14N4O4S/c24-18(14-5-2-7-16(11-14)23(26)27)21-15-6-1-4-13(10-15)19(25)22-20-12-17-8-3-9-28-17/h1-12H,(H,21,24)(H,22,25). The average Bonchev–Trinajstić information content (AvgIpc) is 3.21. The molecule has 3 rings (SSSR count). The Morgan fingerprint density at radius 2 is 1.75 bits per heavy atom. The number of non-ortho nitro benzene ring substituents is 1. The zero-order valence-corrected chi connectivity index (χ0v) is 15.2. The van der Waals surface area contributed by atoms with Crippen molar-refractivity contribution in [3.63, 3.8) is 0 Å². The number of nitrogens with zero attached hydrogens (tertiary/aromatic N) is 2. The SMILES string of the molecule is O=C(NN=Cc1cccs1)c1cccc(NC(=O)c2cccc([N+](=O)[O-])c2)c1. The second kappa shape index (κ2) is 8.69. The predicted molar refractivity (Wildman–Crippen MR) is 107 cm³/mol. The largest absolute Gasteiger partial charge is 0.322 e. The molecule has 0 aliphatic heterocycles. The topological polar surface area (TPSA) is 114 Å². The van der Waals surface area contributed by atoms with E-state index in [4.69, 9.17) is 0 Å². The monoisotopic (exact) mass is 394 g/mol. The molecule has 2 amide bonds. The summed E-state index contributed by atoms with van der Waals surface area (Å²) >= 11 is 1.49. The first kappa shape index (κ1) is 18.9. The van der Waals surface area contributed by atoms with Crippen LogP contribution < -0.4 is 10.7 Å². The average molecular weight is 394 g/mol. The number of hydrogen-bond acceptors (Lipinski definition) is 6. The predicted octanol–water partition coefficient (Wildman–Crippen LogP) is 3.67. The van der Waals surface area contributed by atoms with E-state index in [1.807, 2.05) is 17.5 Å². The molecule has 2 aromatic carbocycles. The van der Waals surface area contributed by atoms with Gasteiger partial charge in [0.2, 0.25) is 0 Å². The molecule has 0 radical (unpaired) electrons. The van der Waals surface area contributed by atoms with Gasteiger partial charge in [-0.2, -0.15) is 5.10 Å². The fraction of sp³-hybridized carbons (Fsp3) is 0. The normalized spacial score (nSPS) is 10.6. The Kier molecular flexibility index (Phi) is 5.87. The number of hydrogen-bond donors (Lipinski definition) is 2. The first-order valence-corrected chi connectivity index (χ1v) is 8.94. The van der Waals surface area contributed by atoms with Gasteiger partial charge in [-0.05, 0) is 35.7 Å². The molecule has 140 valence electrons. The molecule has 9 heteroatoms. The van der Waals surface area contributed by atoms with Gasteiger partial charge in [0, 0.05) is 33.8 Å². The van der Waals surface area contributed by atoms with Crippen LogP contribution in [0.15, 0.2) is 71.1 Å². The second-order valence-electron chi connectivity index (χ2n) is 5.56. The molecule has 0 bridgehead atoms. The zero-order chi connectivity index (χ0) is 19.9. The van der Waals surface area contributed by atoms with Gasteiger partial charge in [-0.1, -0.05) is 18.2 Å². The maximum absolute atomic E-state index is 12.3. The lowest BCUT2D eigenvalue weighted by molar-refractivity contribution is -0.384. The molecule has 3 aromatic rings. The van der Waals surface area contributed by atoms with Crippen LogP contribution in [0, 0.1) is 10.1 Å². The van der Waals surface area contributed by atoms with E-state index in [1.165, 1.54) is 47.9 Å². The third kappa shape index (κ3) is 4.86. The Morgan fingerprint density at radius 1 is 1.00 bits per heavy atom. The maximum Gasteiger partial charge on any atom is 0.271 e. The highest BCUT2D eigenvalue weighted by atomic mass is 32.1. The van der Waals surface area contributed by atoms with Crippen molar-refractivity contribution in [2.24, 2.45) is 5.10 Å². The number of anilines is 1. The minimum Gasteiger partial charge on any atom is -0.322 e. The van der Waals surface area contributed by atoms with Crippen LogP contribution in [0.25, 0.3) is 0 Å². The molecule has 1 aromatic heterocycles. The van der Waals surface area contributed by atoms with Crippen LogP contribution in [0.1, 0.15) is 25.6 Å². The van der Waals surface area contributed by atoms with Crippen molar-refractivity contribution in [3.8, 4) is 0 Å². The number of thiophene rings is 1. The van der Waals surface area contributed by atoms with Crippen molar-refractivity contribution in [2.45, 2.75) is 0 Å². The number of nitro groups is 1. The number of amides is 2.